The zero-order chi connectivity index (χ0) is 19.1. The van der Waals surface area contributed by atoms with Gasteiger partial charge in [0.25, 0.3) is 0 Å². The summed E-state index contributed by atoms with van der Waals surface area (Å²) in [5.41, 5.74) is -0.165. The highest BCUT2D eigenvalue weighted by Crippen LogP contribution is 2.57. The van der Waals surface area contributed by atoms with Gasteiger partial charge in [0.1, 0.15) is 11.4 Å². The Kier molecular flexibility index (Phi) is 4.71. The molecule has 2 bridgehead atoms. The fourth-order valence-electron chi connectivity index (χ4n) is 4.27. The van der Waals surface area contributed by atoms with Crippen LogP contribution in [0, 0.1) is 23.6 Å². The van der Waals surface area contributed by atoms with Crippen molar-refractivity contribution < 1.29 is 18.7 Å². The first-order chi connectivity index (χ1) is 12.1. The lowest BCUT2D eigenvalue weighted by Crippen LogP contribution is -2.53. The van der Waals surface area contributed by atoms with Crippen molar-refractivity contribution >= 4 is 17.7 Å². The van der Waals surface area contributed by atoms with E-state index >= 15 is 0 Å². The Morgan fingerprint density at radius 3 is 2.38 bits per heavy atom. The third-order valence-electron chi connectivity index (χ3n) is 5.47. The summed E-state index contributed by atoms with van der Waals surface area (Å²) in [6.07, 6.45) is 2.19. The van der Waals surface area contributed by atoms with Crippen LogP contribution >= 0.6 is 0 Å². The van der Waals surface area contributed by atoms with Crippen LogP contribution in [0.3, 0.4) is 0 Å². The normalized spacial score (nSPS) is 28.0. The second kappa shape index (κ2) is 6.56. The van der Waals surface area contributed by atoms with Crippen molar-refractivity contribution in [3.05, 3.63) is 30.1 Å². The van der Waals surface area contributed by atoms with E-state index in [0.29, 0.717) is 11.6 Å². The molecule has 3 saturated carbocycles. The Balaban J connectivity index is 1.55. The number of benzene rings is 1. The van der Waals surface area contributed by atoms with Gasteiger partial charge in [-0.05, 0) is 76.1 Å². The summed E-state index contributed by atoms with van der Waals surface area (Å²) in [5, 5.41) is 5.87. The van der Waals surface area contributed by atoms with E-state index in [2.05, 4.69) is 10.6 Å². The molecule has 0 heterocycles. The van der Waals surface area contributed by atoms with Crippen LogP contribution in [0.1, 0.15) is 47.0 Å². The fourth-order valence-corrected chi connectivity index (χ4v) is 4.27. The molecule has 1 aromatic rings. The lowest BCUT2D eigenvalue weighted by Gasteiger charge is -2.39. The summed E-state index contributed by atoms with van der Waals surface area (Å²) in [7, 11) is 0. The van der Waals surface area contributed by atoms with Gasteiger partial charge in [-0.3, -0.25) is 4.79 Å². The Labute approximate surface area is 153 Å². The van der Waals surface area contributed by atoms with Crippen LogP contribution in [0.15, 0.2) is 24.3 Å². The van der Waals surface area contributed by atoms with Crippen molar-refractivity contribution in [2.75, 3.05) is 5.32 Å². The van der Waals surface area contributed by atoms with Crippen LogP contribution in [0.4, 0.5) is 14.9 Å². The third-order valence-corrected chi connectivity index (χ3v) is 5.47. The highest BCUT2D eigenvalue weighted by Gasteiger charge is 2.58. The molecule has 0 aliphatic heterocycles. The van der Waals surface area contributed by atoms with Gasteiger partial charge >= 0.3 is 6.09 Å². The van der Waals surface area contributed by atoms with Gasteiger partial charge in [0.15, 0.2) is 0 Å². The molecule has 0 spiro atoms. The van der Waals surface area contributed by atoms with Crippen LogP contribution in [-0.2, 0) is 9.53 Å². The molecule has 0 saturated heterocycles. The van der Waals surface area contributed by atoms with Crippen molar-refractivity contribution in [3.63, 3.8) is 0 Å². The summed E-state index contributed by atoms with van der Waals surface area (Å²) in [6.45, 7) is 7.44. The predicted octanol–water partition coefficient (Wildman–Crippen LogP) is 4.09. The van der Waals surface area contributed by atoms with Crippen molar-refractivity contribution in [1.29, 1.82) is 0 Å². The van der Waals surface area contributed by atoms with Crippen LogP contribution in [0.2, 0.25) is 0 Å². The molecule has 0 aromatic heterocycles. The number of halogens is 1. The molecule has 3 fully saturated rings. The van der Waals surface area contributed by atoms with Crippen LogP contribution in [0.5, 0.6) is 0 Å². The minimum Gasteiger partial charge on any atom is -0.444 e. The maximum atomic E-state index is 13.0. The summed E-state index contributed by atoms with van der Waals surface area (Å²) in [6, 6.07) is 5.76. The van der Waals surface area contributed by atoms with Gasteiger partial charge in [-0.1, -0.05) is 6.92 Å². The Morgan fingerprint density at radius 2 is 1.81 bits per heavy atom. The lowest BCUT2D eigenvalue weighted by molar-refractivity contribution is -0.121. The maximum absolute atomic E-state index is 13.0. The van der Waals surface area contributed by atoms with E-state index in [4.69, 9.17) is 4.74 Å². The van der Waals surface area contributed by atoms with E-state index in [0.717, 1.165) is 19.3 Å². The molecule has 0 radical (unpaired) electrons. The molecule has 6 heteroatoms. The van der Waals surface area contributed by atoms with Gasteiger partial charge in [0, 0.05) is 17.1 Å². The number of carbonyl (C=O) groups is 2. The number of fused-ring (bicyclic) bond motifs is 1. The predicted molar refractivity (Wildman–Crippen MR) is 97.1 cm³/mol. The zero-order valence-electron chi connectivity index (χ0n) is 15.8. The second-order valence-corrected chi connectivity index (χ2v) is 8.73. The number of ether oxygens (including phenoxy) is 1. The quantitative estimate of drug-likeness (QED) is 0.848. The average molecular weight is 362 g/mol. The molecule has 2 N–H and O–H groups in total. The Bertz CT molecular complexity index is 690. The highest BCUT2D eigenvalue weighted by molar-refractivity contribution is 5.92. The smallest absolute Gasteiger partial charge is 0.408 e. The highest BCUT2D eigenvalue weighted by atomic mass is 19.1. The van der Waals surface area contributed by atoms with Crippen LogP contribution < -0.4 is 10.6 Å². The Morgan fingerprint density at radius 1 is 1.19 bits per heavy atom. The number of carbonyl (C=O) groups excluding carboxylic acids is 2. The number of rotatable bonds is 4. The van der Waals surface area contributed by atoms with E-state index in [-0.39, 0.29) is 35.2 Å². The minimum absolute atomic E-state index is 0.0680. The first kappa shape index (κ1) is 18.7. The van der Waals surface area contributed by atoms with E-state index in [1.807, 2.05) is 27.7 Å². The largest absolute Gasteiger partial charge is 0.444 e. The van der Waals surface area contributed by atoms with Crippen LogP contribution in [0.25, 0.3) is 0 Å². The van der Waals surface area contributed by atoms with E-state index in [9.17, 15) is 14.0 Å². The zero-order valence-corrected chi connectivity index (χ0v) is 15.8. The number of anilines is 1. The van der Waals surface area contributed by atoms with Gasteiger partial charge in [0.05, 0.1) is 0 Å². The molecular weight excluding hydrogens is 335 g/mol. The molecule has 4 rings (SSSR count). The van der Waals surface area contributed by atoms with E-state index < -0.39 is 5.60 Å². The standard InChI is InChI=1S/C20H27FN2O3/c1-12(17(24)22-15-7-5-14(21)6-8-15)16-11-20(9-13(16)10-20)23-18(25)26-19(2,3)4/h5-8,12-13,16H,9-11H2,1-4H3,(H,22,24)(H,23,25). The number of hydrogen-bond acceptors (Lipinski definition) is 3. The van der Waals surface area contributed by atoms with Crippen molar-refractivity contribution in [1.82, 2.24) is 5.32 Å². The average Bonchev–Trinajstić information content (AvgIpc) is 3.01. The van der Waals surface area contributed by atoms with Gasteiger partial charge in [-0.15, -0.1) is 0 Å². The summed E-state index contributed by atoms with van der Waals surface area (Å²) in [4.78, 5) is 24.6. The fraction of sp³-hybridized carbons (Fsp3) is 0.600. The monoisotopic (exact) mass is 362 g/mol. The summed E-state index contributed by atoms with van der Waals surface area (Å²) in [5.74, 6) is 0.101. The van der Waals surface area contributed by atoms with E-state index in [1.54, 1.807) is 12.1 Å². The third kappa shape index (κ3) is 4.00. The van der Waals surface area contributed by atoms with Crippen LogP contribution in [-0.4, -0.2) is 23.1 Å². The second-order valence-electron chi connectivity index (χ2n) is 8.73. The topological polar surface area (TPSA) is 67.4 Å². The molecule has 2 unspecified atom stereocenters. The molecule has 26 heavy (non-hydrogen) atoms. The Hall–Kier alpha value is -2.11. The molecule has 2 amide bonds. The SMILES string of the molecule is CC(C(=O)Nc1ccc(F)cc1)C1CC2(NC(=O)OC(C)(C)C)CC1C2. The molecule has 5 nitrogen and oxygen atoms in total. The number of nitrogens with one attached hydrogen (secondary N) is 2. The minimum atomic E-state index is -0.524. The molecular formula is C20H27FN2O3. The van der Waals surface area contributed by atoms with Gasteiger partial charge in [-0.25, -0.2) is 9.18 Å². The van der Waals surface area contributed by atoms with Crippen molar-refractivity contribution in [3.8, 4) is 0 Å². The molecule has 3 aliphatic rings. The van der Waals surface area contributed by atoms with Crippen molar-refractivity contribution in [2.24, 2.45) is 17.8 Å². The summed E-state index contributed by atoms with van der Waals surface area (Å²) >= 11 is 0. The van der Waals surface area contributed by atoms with Crippen molar-refractivity contribution in [2.45, 2.75) is 58.1 Å². The van der Waals surface area contributed by atoms with E-state index in [1.165, 1.54) is 12.1 Å². The number of amides is 2. The first-order valence-corrected chi connectivity index (χ1v) is 9.14. The first-order valence-electron chi connectivity index (χ1n) is 9.14. The van der Waals surface area contributed by atoms with Gasteiger partial charge in [-0.2, -0.15) is 0 Å². The molecule has 142 valence electrons. The van der Waals surface area contributed by atoms with Gasteiger partial charge < -0.3 is 15.4 Å². The number of hydrogen-bond donors (Lipinski definition) is 2. The lowest BCUT2D eigenvalue weighted by atomic mass is 9.75. The summed E-state index contributed by atoms with van der Waals surface area (Å²) < 4.78 is 18.3. The maximum Gasteiger partial charge on any atom is 0.408 e. The molecule has 2 atom stereocenters. The molecule has 3 aliphatic carbocycles. The molecule has 1 aromatic carbocycles. The number of alkyl carbamates (subject to hydrolysis) is 1. The van der Waals surface area contributed by atoms with Gasteiger partial charge in [0.2, 0.25) is 5.91 Å².